The molecule has 9 heteroatoms. The molecule has 43 heavy (non-hydrogen) atoms. The van der Waals surface area contributed by atoms with Gasteiger partial charge in [0.15, 0.2) is 6.30 Å². The predicted octanol–water partition coefficient (Wildman–Crippen LogP) is 7.79. The maximum atomic E-state index is 14.7. The molecule has 1 saturated carbocycles. The van der Waals surface area contributed by atoms with E-state index in [1.165, 1.54) is 12.8 Å². The minimum Gasteiger partial charge on any atom is -0.339 e. The minimum atomic E-state index is -1.18. The second-order valence-electron chi connectivity index (χ2n) is 12.0. The van der Waals surface area contributed by atoms with E-state index in [9.17, 15) is 13.6 Å². The van der Waals surface area contributed by atoms with Crippen LogP contribution in [0.25, 0.3) is 33.3 Å². The van der Waals surface area contributed by atoms with Crippen LogP contribution in [0.5, 0.6) is 0 Å². The zero-order valence-corrected chi connectivity index (χ0v) is 24.6. The number of alkyl halides is 2. The molecule has 1 amide bonds. The molecule has 7 nitrogen and oxygen atoms in total. The van der Waals surface area contributed by atoms with Gasteiger partial charge in [-0.05, 0) is 74.8 Å². The highest BCUT2D eigenvalue weighted by molar-refractivity contribution is 5.99. The lowest BCUT2D eigenvalue weighted by Gasteiger charge is -2.32. The van der Waals surface area contributed by atoms with E-state index in [1.807, 2.05) is 71.1 Å². The summed E-state index contributed by atoms with van der Waals surface area (Å²) in [4.78, 5) is 25.1. The molecule has 1 aliphatic carbocycles. The Morgan fingerprint density at radius 1 is 1.00 bits per heavy atom. The number of carbonyl (C=O) groups excluding carboxylic acids is 1. The number of amides is 1. The highest BCUT2D eigenvalue weighted by Gasteiger charge is 2.30. The maximum Gasteiger partial charge on any atom is 0.255 e. The number of rotatable bonds is 8. The molecular weight excluding hydrogens is 546 g/mol. The normalized spacial score (nSPS) is 17.5. The zero-order valence-electron chi connectivity index (χ0n) is 24.6. The number of hydrogen-bond donors (Lipinski definition) is 0. The number of imidazole rings is 1. The van der Waals surface area contributed by atoms with Gasteiger partial charge in [0.25, 0.3) is 5.91 Å². The van der Waals surface area contributed by atoms with E-state index < -0.39 is 12.5 Å². The quantitative estimate of drug-likeness (QED) is 0.187. The van der Waals surface area contributed by atoms with Gasteiger partial charge < -0.3 is 4.90 Å². The Kier molecular flexibility index (Phi) is 7.19. The van der Waals surface area contributed by atoms with Crippen LogP contribution in [0.3, 0.4) is 0 Å². The molecule has 2 aliphatic rings. The maximum absolute atomic E-state index is 14.7. The van der Waals surface area contributed by atoms with Gasteiger partial charge in [0.1, 0.15) is 23.2 Å². The third-order valence-electron chi connectivity index (χ3n) is 8.97. The van der Waals surface area contributed by atoms with Gasteiger partial charge in [-0.2, -0.15) is 5.10 Å². The van der Waals surface area contributed by atoms with Crippen molar-refractivity contribution in [2.24, 2.45) is 5.92 Å². The Labute approximate surface area is 249 Å². The van der Waals surface area contributed by atoms with Gasteiger partial charge in [0.05, 0.1) is 22.1 Å². The van der Waals surface area contributed by atoms with E-state index in [1.54, 1.807) is 17.7 Å². The van der Waals surface area contributed by atoms with E-state index in [0.29, 0.717) is 55.1 Å². The highest BCUT2D eigenvalue weighted by atomic mass is 19.1. The van der Waals surface area contributed by atoms with Crippen molar-refractivity contribution in [3.05, 3.63) is 77.7 Å². The molecule has 5 aromatic rings. The lowest BCUT2D eigenvalue weighted by molar-refractivity contribution is 0.0708. The molecule has 2 unspecified atom stereocenters. The lowest BCUT2D eigenvalue weighted by Crippen LogP contribution is -2.38. The first-order valence-corrected chi connectivity index (χ1v) is 15.4. The number of piperidine rings is 1. The third-order valence-corrected chi connectivity index (χ3v) is 8.97. The van der Waals surface area contributed by atoms with Gasteiger partial charge in [0, 0.05) is 37.3 Å². The van der Waals surface area contributed by atoms with Crippen molar-refractivity contribution in [3.8, 4) is 11.3 Å². The Bertz CT molecular complexity index is 1800. The number of para-hydroxylation sites is 2. The number of likely N-dealkylation sites (tertiary alicyclic amines) is 1. The molecule has 4 heterocycles. The lowest BCUT2D eigenvalue weighted by atomic mass is 9.95. The van der Waals surface area contributed by atoms with E-state index in [0.717, 1.165) is 40.0 Å². The fourth-order valence-corrected chi connectivity index (χ4v) is 6.41. The van der Waals surface area contributed by atoms with E-state index >= 15 is 0 Å². The van der Waals surface area contributed by atoms with Gasteiger partial charge >= 0.3 is 0 Å². The fraction of sp³-hybridized carbons (Fsp3) is 0.412. The van der Waals surface area contributed by atoms with Crippen molar-refractivity contribution in [3.63, 3.8) is 0 Å². The van der Waals surface area contributed by atoms with E-state index in [2.05, 4.69) is 0 Å². The molecule has 3 aromatic heterocycles. The van der Waals surface area contributed by atoms with Crippen LogP contribution in [0, 0.1) is 5.92 Å². The third kappa shape index (κ3) is 5.19. The zero-order chi connectivity index (χ0) is 29.7. The summed E-state index contributed by atoms with van der Waals surface area (Å²) in [5.74, 6) is 1.34. The van der Waals surface area contributed by atoms with Crippen molar-refractivity contribution in [2.75, 3.05) is 13.1 Å². The average molecular weight is 583 g/mol. The minimum absolute atomic E-state index is 0.0638. The molecule has 222 valence electrons. The first-order chi connectivity index (χ1) is 20.9. The molecule has 0 spiro atoms. The Balaban J connectivity index is 1.14. The Hall–Kier alpha value is -4.14. The van der Waals surface area contributed by atoms with Crippen molar-refractivity contribution >= 4 is 28.0 Å². The largest absolute Gasteiger partial charge is 0.339 e. The summed E-state index contributed by atoms with van der Waals surface area (Å²) < 4.78 is 32.9. The van der Waals surface area contributed by atoms with Crippen molar-refractivity contribution in [1.82, 2.24) is 29.2 Å². The number of halogens is 2. The highest BCUT2D eigenvalue weighted by Crippen LogP contribution is 2.36. The Morgan fingerprint density at radius 3 is 2.53 bits per heavy atom. The molecule has 2 aromatic carbocycles. The van der Waals surface area contributed by atoms with E-state index in [-0.39, 0.29) is 11.8 Å². The molecule has 0 bridgehead atoms. The number of carbonyl (C=O) groups is 1. The summed E-state index contributed by atoms with van der Waals surface area (Å²) in [6.45, 7) is 5.27. The van der Waals surface area contributed by atoms with Gasteiger partial charge in [0.2, 0.25) is 0 Å². The van der Waals surface area contributed by atoms with Gasteiger partial charge in [-0.1, -0.05) is 37.3 Å². The molecule has 7 rings (SSSR count). The van der Waals surface area contributed by atoms with Crippen molar-refractivity contribution < 1.29 is 13.6 Å². The summed E-state index contributed by atoms with van der Waals surface area (Å²) in [6.07, 6.45) is 3.61. The summed E-state index contributed by atoms with van der Waals surface area (Å²) in [5.41, 5.74) is 5.85. The number of aromatic nitrogens is 5. The van der Waals surface area contributed by atoms with Crippen LogP contribution in [0.1, 0.15) is 86.1 Å². The summed E-state index contributed by atoms with van der Waals surface area (Å²) in [6, 6.07) is 17.0. The number of benzene rings is 2. The van der Waals surface area contributed by atoms with Gasteiger partial charge in [-0.3, -0.25) is 19.0 Å². The number of pyridine rings is 1. The SMILES string of the molecule is CCC(F)c1cccc(-c2nn(CC3CC3)c3cc(C(=O)N4CCC(c5nc6ccccc6n5C(C)F)CC4)cnc23)c1. The van der Waals surface area contributed by atoms with Gasteiger partial charge in [-0.25, -0.2) is 13.8 Å². The average Bonchev–Trinajstić information content (AvgIpc) is 3.66. The van der Waals surface area contributed by atoms with Crippen molar-refractivity contribution in [2.45, 2.75) is 70.9 Å². The van der Waals surface area contributed by atoms with Crippen LogP contribution >= 0.6 is 0 Å². The standard InChI is InChI=1S/C34H36F2N6O/c1-3-27(36)24-7-6-8-25(17-24)31-32-30(41(39-31)20-22-11-12-22)18-26(19-37-32)34(43)40-15-13-23(14-16-40)33-38-28-9-4-5-10-29(28)42(33)21(2)35/h4-10,17-19,21-23,27H,3,11-16,20H2,1-2H3. The summed E-state index contributed by atoms with van der Waals surface area (Å²) in [5, 5.41) is 4.93. The van der Waals surface area contributed by atoms with E-state index in [4.69, 9.17) is 15.1 Å². The molecule has 0 radical (unpaired) electrons. The first kappa shape index (κ1) is 27.7. The molecule has 2 atom stereocenters. The summed E-state index contributed by atoms with van der Waals surface area (Å²) in [7, 11) is 0. The number of fused-ring (bicyclic) bond motifs is 2. The Morgan fingerprint density at radius 2 is 1.79 bits per heavy atom. The molecule has 2 fully saturated rings. The van der Waals surface area contributed by atoms with Gasteiger partial charge in [-0.15, -0.1) is 0 Å². The van der Waals surface area contributed by atoms with Crippen molar-refractivity contribution in [1.29, 1.82) is 0 Å². The number of hydrogen-bond acceptors (Lipinski definition) is 4. The molecule has 0 N–H and O–H groups in total. The first-order valence-electron chi connectivity index (χ1n) is 15.4. The van der Waals surface area contributed by atoms with Crippen LogP contribution in [0.15, 0.2) is 60.8 Å². The molecule has 1 saturated heterocycles. The van der Waals surface area contributed by atoms with Crippen LogP contribution in [0.2, 0.25) is 0 Å². The fourth-order valence-electron chi connectivity index (χ4n) is 6.41. The molecular formula is C34H36F2N6O. The smallest absolute Gasteiger partial charge is 0.255 e. The molecule has 1 aliphatic heterocycles. The van der Waals surface area contributed by atoms with Crippen LogP contribution in [-0.4, -0.2) is 48.2 Å². The van der Waals surface area contributed by atoms with Crippen LogP contribution in [-0.2, 0) is 6.54 Å². The second-order valence-corrected chi connectivity index (χ2v) is 12.0. The second kappa shape index (κ2) is 11.2. The monoisotopic (exact) mass is 582 g/mol. The number of nitrogens with zero attached hydrogens (tertiary/aromatic N) is 6. The topological polar surface area (TPSA) is 68.8 Å². The predicted molar refractivity (Wildman–Crippen MR) is 163 cm³/mol. The van der Waals surface area contributed by atoms with Crippen LogP contribution < -0.4 is 0 Å². The summed E-state index contributed by atoms with van der Waals surface area (Å²) >= 11 is 0. The van der Waals surface area contributed by atoms with Crippen LogP contribution in [0.4, 0.5) is 8.78 Å².